The molecule has 0 fully saturated rings. The van der Waals surface area contributed by atoms with Crippen molar-refractivity contribution < 1.29 is 0 Å². The number of hydrogen-bond donors (Lipinski definition) is 1. The summed E-state index contributed by atoms with van der Waals surface area (Å²) in [4.78, 5) is 0. The first-order valence-electron chi connectivity index (χ1n) is 4.61. The molecule has 1 atom stereocenters. The summed E-state index contributed by atoms with van der Waals surface area (Å²) in [6, 6.07) is 12.2. The fourth-order valence-electron chi connectivity index (χ4n) is 1.52. The number of fused-ring (bicyclic) bond motifs is 1. The molecule has 0 bridgehead atoms. The Balaban J connectivity index is 2.62. The molecule has 0 amide bonds. The molecule has 0 spiro atoms. The van der Waals surface area contributed by atoms with Gasteiger partial charge in [0.25, 0.3) is 0 Å². The molecule has 0 aliphatic rings. The molecule has 0 radical (unpaired) electrons. The maximum Gasteiger partial charge on any atom is 0.0412 e. The van der Waals surface area contributed by atoms with Crippen LogP contribution in [0.25, 0.3) is 10.8 Å². The van der Waals surface area contributed by atoms with E-state index >= 15 is 0 Å². The zero-order valence-corrected chi connectivity index (χ0v) is 8.75. The van der Waals surface area contributed by atoms with E-state index in [4.69, 9.17) is 17.3 Å². The number of hydrogen-bond acceptors (Lipinski definition) is 1. The van der Waals surface area contributed by atoms with Gasteiger partial charge in [0.2, 0.25) is 0 Å². The standard InChI is InChI=1S/C12H12ClN/c1-8(14)9-2-3-11-7-12(13)5-4-10(11)6-9/h2-8H,14H2,1H3. The van der Waals surface area contributed by atoms with Crippen LogP contribution in [0.2, 0.25) is 5.02 Å². The number of rotatable bonds is 1. The molecular formula is C12H12ClN. The highest BCUT2D eigenvalue weighted by atomic mass is 35.5. The SMILES string of the molecule is CC(N)c1ccc2cc(Cl)ccc2c1. The summed E-state index contributed by atoms with van der Waals surface area (Å²) in [5.74, 6) is 0. The minimum atomic E-state index is 0.0788. The molecule has 2 heteroatoms. The van der Waals surface area contributed by atoms with Crippen LogP contribution in [0.3, 0.4) is 0 Å². The summed E-state index contributed by atoms with van der Waals surface area (Å²) in [6.45, 7) is 1.98. The molecular weight excluding hydrogens is 194 g/mol. The van der Waals surface area contributed by atoms with Crippen molar-refractivity contribution in [3.8, 4) is 0 Å². The Morgan fingerprint density at radius 1 is 1.07 bits per heavy atom. The second-order valence-electron chi connectivity index (χ2n) is 3.54. The Labute approximate surface area is 88.5 Å². The van der Waals surface area contributed by atoms with E-state index in [2.05, 4.69) is 12.1 Å². The van der Waals surface area contributed by atoms with Crippen molar-refractivity contribution in [2.24, 2.45) is 5.73 Å². The van der Waals surface area contributed by atoms with Gasteiger partial charge in [-0.05, 0) is 41.5 Å². The van der Waals surface area contributed by atoms with E-state index in [1.165, 1.54) is 5.39 Å². The molecule has 0 saturated heterocycles. The summed E-state index contributed by atoms with van der Waals surface area (Å²) in [5, 5.41) is 3.11. The maximum atomic E-state index is 5.90. The van der Waals surface area contributed by atoms with Crippen LogP contribution < -0.4 is 5.73 Å². The summed E-state index contributed by atoms with van der Waals surface area (Å²) in [7, 11) is 0. The second-order valence-corrected chi connectivity index (χ2v) is 3.98. The smallest absolute Gasteiger partial charge is 0.0412 e. The van der Waals surface area contributed by atoms with Gasteiger partial charge < -0.3 is 5.73 Å². The van der Waals surface area contributed by atoms with Gasteiger partial charge in [0.1, 0.15) is 0 Å². The Morgan fingerprint density at radius 2 is 1.71 bits per heavy atom. The molecule has 2 N–H and O–H groups in total. The quantitative estimate of drug-likeness (QED) is 0.758. The first kappa shape index (κ1) is 9.50. The van der Waals surface area contributed by atoms with Gasteiger partial charge in [-0.25, -0.2) is 0 Å². The topological polar surface area (TPSA) is 26.0 Å². The van der Waals surface area contributed by atoms with Crippen molar-refractivity contribution in [2.75, 3.05) is 0 Å². The van der Waals surface area contributed by atoms with Crippen LogP contribution in [0.5, 0.6) is 0 Å². The second kappa shape index (κ2) is 3.60. The van der Waals surface area contributed by atoms with Crippen LogP contribution in [0.15, 0.2) is 36.4 Å². The summed E-state index contributed by atoms with van der Waals surface area (Å²) in [6.07, 6.45) is 0. The first-order valence-corrected chi connectivity index (χ1v) is 4.99. The van der Waals surface area contributed by atoms with E-state index in [1.807, 2.05) is 31.2 Å². The van der Waals surface area contributed by atoms with E-state index < -0.39 is 0 Å². The predicted molar refractivity (Wildman–Crippen MR) is 61.6 cm³/mol. The molecule has 0 aromatic heterocycles. The van der Waals surface area contributed by atoms with E-state index in [-0.39, 0.29) is 6.04 Å². The van der Waals surface area contributed by atoms with Gasteiger partial charge in [0.15, 0.2) is 0 Å². The molecule has 0 aliphatic carbocycles. The van der Waals surface area contributed by atoms with E-state index in [9.17, 15) is 0 Å². The van der Waals surface area contributed by atoms with Gasteiger partial charge in [-0.3, -0.25) is 0 Å². The van der Waals surface area contributed by atoms with Crippen LogP contribution >= 0.6 is 11.6 Å². The Hall–Kier alpha value is -1.05. The summed E-state index contributed by atoms with van der Waals surface area (Å²) in [5.41, 5.74) is 6.96. The van der Waals surface area contributed by atoms with Crippen LogP contribution in [0.1, 0.15) is 18.5 Å². The zero-order valence-electron chi connectivity index (χ0n) is 8.00. The lowest BCUT2D eigenvalue weighted by Gasteiger charge is -2.06. The van der Waals surface area contributed by atoms with Gasteiger partial charge in [0, 0.05) is 11.1 Å². The largest absolute Gasteiger partial charge is 0.324 e. The lowest BCUT2D eigenvalue weighted by molar-refractivity contribution is 0.820. The highest BCUT2D eigenvalue weighted by Crippen LogP contribution is 2.22. The average molecular weight is 206 g/mol. The molecule has 1 unspecified atom stereocenters. The van der Waals surface area contributed by atoms with Gasteiger partial charge in [-0.2, -0.15) is 0 Å². The maximum absolute atomic E-state index is 5.90. The van der Waals surface area contributed by atoms with Crippen molar-refractivity contribution >= 4 is 22.4 Å². The fraction of sp³-hybridized carbons (Fsp3) is 0.167. The Kier molecular flexibility index (Phi) is 2.44. The minimum Gasteiger partial charge on any atom is -0.324 e. The lowest BCUT2D eigenvalue weighted by atomic mass is 10.0. The van der Waals surface area contributed by atoms with Gasteiger partial charge in [0.05, 0.1) is 0 Å². The van der Waals surface area contributed by atoms with E-state index in [0.717, 1.165) is 16.0 Å². The molecule has 0 heterocycles. The zero-order chi connectivity index (χ0) is 10.1. The molecule has 72 valence electrons. The summed E-state index contributed by atoms with van der Waals surface area (Å²) >= 11 is 5.90. The van der Waals surface area contributed by atoms with Crippen LogP contribution in [-0.2, 0) is 0 Å². The third-order valence-corrected chi connectivity index (χ3v) is 2.59. The molecule has 2 aromatic carbocycles. The predicted octanol–water partition coefficient (Wildman–Crippen LogP) is 3.51. The van der Waals surface area contributed by atoms with Crippen molar-refractivity contribution in [3.05, 3.63) is 47.0 Å². The van der Waals surface area contributed by atoms with Crippen molar-refractivity contribution in [1.29, 1.82) is 0 Å². The number of nitrogens with two attached hydrogens (primary N) is 1. The van der Waals surface area contributed by atoms with Gasteiger partial charge in [-0.1, -0.05) is 29.8 Å². The highest BCUT2D eigenvalue weighted by Gasteiger charge is 2.00. The normalized spacial score (nSPS) is 13.1. The lowest BCUT2D eigenvalue weighted by Crippen LogP contribution is -2.04. The first-order chi connectivity index (χ1) is 6.66. The minimum absolute atomic E-state index is 0.0788. The Bertz CT molecular complexity index is 463. The molecule has 0 saturated carbocycles. The van der Waals surface area contributed by atoms with E-state index in [0.29, 0.717) is 0 Å². The number of halogens is 1. The average Bonchev–Trinajstić information content (AvgIpc) is 2.16. The molecule has 1 nitrogen and oxygen atoms in total. The monoisotopic (exact) mass is 205 g/mol. The fourth-order valence-corrected chi connectivity index (χ4v) is 1.70. The highest BCUT2D eigenvalue weighted by molar-refractivity contribution is 6.31. The third-order valence-electron chi connectivity index (χ3n) is 2.35. The van der Waals surface area contributed by atoms with E-state index in [1.54, 1.807) is 0 Å². The van der Waals surface area contributed by atoms with Gasteiger partial charge in [-0.15, -0.1) is 0 Å². The Morgan fingerprint density at radius 3 is 2.43 bits per heavy atom. The number of benzene rings is 2. The third kappa shape index (κ3) is 1.74. The van der Waals surface area contributed by atoms with Gasteiger partial charge >= 0.3 is 0 Å². The molecule has 14 heavy (non-hydrogen) atoms. The molecule has 2 rings (SSSR count). The van der Waals surface area contributed by atoms with Crippen LogP contribution in [-0.4, -0.2) is 0 Å². The van der Waals surface area contributed by atoms with Crippen molar-refractivity contribution in [1.82, 2.24) is 0 Å². The van der Waals surface area contributed by atoms with Crippen LogP contribution in [0, 0.1) is 0 Å². The van der Waals surface area contributed by atoms with Crippen LogP contribution in [0.4, 0.5) is 0 Å². The summed E-state index contributed by atoms with van der Waals surface area (Å²) < 4.78 is 0. The molecule has 0 aliphatic heterocycles. The molecule has 2 aromatic rings. The van der Waals surface area contributed by atoms with Crippen molar-refractivity contribution in [3.63, 3.8) is 0 Å². The van der Waals surface area contributed by atoms with Crippen molar-refractivity contribution in [2.45, 2.75) is 13.0 Å².